The number of thiazole rings is 1. The predicted molar refractivity (Wildman–Crippen MR) is 84.9 cm³/mol. The molecule has 0 unspecified atom stereocenters. The molecule has 3 rings (SSSR count). The lowest BCUT2D eigenvalue weighted by Gasteiger charge is -2.01. The van der Waals surface area contributed by atoms with Crippen LogP contribution in [-0.2, 0) is 0 Å². The molecular weight excluding hydrogens is 330 g/mol. The summed E-state index contributed by atoms with van der Waals surface area (Å²) >= 11 is 2.17. The second-order valence-electron chi connectivity index (χ2n) is 4.48. The Morgan fingerprint density at radius 1 is 1.22 bits per heavy atom. The molecule has 0 amide bonds. The van der Waals surface area contributed by atoms with Gasteiger partial charge in [-0.1, -0.05) is 12.1 Å². The fourth-order valence-corrected chi connectivity index (χ4v) is 3.20. The van der Waals surface area contributed by atoms with Gasteiger partial charge in [-0.25, -0.2) is 4.98 Å². The number of hydrogen-bond acceptors (Lipinski definition) is 8. The van der Waals surface area contributed by atoms with Crippen LogP contribution in [-0.4, -0.2) is 19.5 Å². The minimum absolute atomic E-state index is 0.177. The highest BCUT2D eigenvalue weighted by Crippen LogP contribution is 2.28. The summed E-state index contributed by atoms with van der Waals surface area (Å²) in [4.78, 5) is 16.7. The number of nitrogens with zero attached hydrogens (tertiary/aromatic N) is 5. The lowest BCUT2D eigenvalue weighted by atomic mass is 10.0. The Morgan fingerprint density at radius 2 is 2.00 bits per heavy atom. The van der Waals surface area contributed by atoms with Gasteiger partial charge in [0, 0.05) is 10.9 Å². The highest BCUT2D eigenvalue weighted by Gasteiger charge is 2.26. The van der Waals surface area contributed by atoms with E-state index in [1.807, 2.05) is 6.07 Å². The molecule has 0 fully saturated rings. The SMILES string of the molecule is N#Cc1ccc(-c2csc([C@@H](C#N)C(=O)c3cnsn3)n2)cc1. The number of nitriles is 2. The van der Waals surface area contributed by atoms with Gasteiger partial charge in [0.15, 0.2) is 5.92 Å². The van der Waals surface area contributed by atoms with E-state index in [0.29, 0.717) is 16.3 Å². The molecule has 0 aliphatic heterocycles. The molecule has 1 aromatic carbocycles. The number of carbonyl (C=O) groups excluding carboxylic acids is 1. The zero-order chi connectivity index (χ0) is 16.2. The first-order valence-corrected chi connectivity index (χ1v) is 8.01. The number of benzene rings is 1. The van der Waals surface area contributed by atoms with Crippen LogP contribution in [0.3, 0.4) is 0 Å². The molecule has 0 N–H and O–H groups in total. The smallest absolute Gasteiger partial charge is 0.207 e. The topological polar surface area (TPSA) is 103 Å². The van der Waals surface area contributed by atoms with Crippen molar-refractivity contribution in [2.24, 2.45) is 0 Å². The van der Waals surface area contributed by atoms with Gasteiger partial charge in [0.2, 0.25) is 5.78 Å². The molecule has 0 aliphatic carbocycles. The van der Waals surface area contributed by atoms with Crippen molar-refractivity contribution in [2.75, 3.05) is 0 Å². The van der Waals surface area contributed by atoms with Gasteiger partial charge in [0.1, 0.15) is 10.7 Å². The van der Waals surface area contributed by atoms with Crippen LogP contribution in [0.5, 0.6) is 0 Å². The van der Waals surface area contributed by atoms with Crippen LogP contribution in [0, 0.1) is 22.7 Å². The second-order valence-corrected chi connectivity index (χ2v) is 5.93. The zero-order valence-corrected chi connectivity index (χ0v) is 13.1. The van der Waals surface area contributed by atoms with Crippen LogP contribution in [0.25, 0.3) is 11.3 Å². The summed E-state index contributed by atoms with van der Waals surface area (Å²) in [6.45, 7) is 0. The van der Waals surface area contributed by atoms with Crippen LogP contribution >= 0.6 is 23.1 Å². The number of carbonyl (C=O) groups is 1. The van der Waals surface area contributed by atoms with Crippen LogP contribution in [0.15, 0.2) is 35.8 Å². The molecule has 110 valence electrons. The Morgan fingerprint density at radius 3 is 2.61 bits per heavy atom. The van der Waals surface area contributed by atoms with E-state index in [1.54, 1.807) is 29.6 Å². The molecule has 0 saturated carbocycles. The third-order valence-electron chi connectivity index (χ3n) is 3.08. The molecular formula is C15H7N5OS2. The van der Waals surface area contributed by atoms with E-state index in [4.69, 9.17) is 5.26 Å². The van der Waals surface area contributed by atoms with Crippen LogP contribution in [0.1, 0.15) is 27.0 Å². The van der Waals surface area contributed by atoms with Gasteiger partial charge in [0.25, 0.3) is 0 Å². The first kappa shape index (κ1) is 15.0. The van der Waals surface area contributed by atoms with Crippen molar-refractivity contribution in [1.82, 2.24) is 13.7 Å². The molecule has 1 atom stereocenters. The fraction of sp³-hybridized carbons (Fsp3) is 0.0667. The number of hydrogen-bond donors (Lipinski definition) is 0. The summed E-state index contributed by atoms with van der Waals surface area (Å²) in [5, 5.41) is 20.3. The molecule has 8 heteroatoms. The molecule has 0 spiro atoms. The number of Topliss-reactive ketones (excluding diaryl/α,β-unsaturated/α-hetero) is 1. The van der Waals surface area contributed by atoms with Crippen LogP contribution < -0.4 is 0 Å². The minimum atomic E-state index is -0.990. The number of aromatic nitrogens is 3. The summed E-state index contributed by atoms with van der Waals surface area (Å²) in [5.74, 6) is -1.39. The molecule has 2 aromatic heterocycles. The molecule has 3 aromatic rings. The van der Waals surface area contributed by atoms with Crippen molar-refractivity contribution < 1.29 is 4.79 Å². The summed E-state index contributed by atoms with van der Waals surface area (Å²) in [6.07, 6.45) is 1.35. The van der Waals surface area contributed by atoms with Gasteiger partial charge in [-0.15, -0.1) is 11.3 Å². The molecule has 0 saturated heterocycles. The molecule has 23 heavy (non-hydrogen) atoms. The minimum Gasteiger partial charge on any atom is -0.290 e. The van der Waals surface area contributed by atoms with E-state index in [2.05, 4.69) is 19.8 Å². The molecule has 0 bridgehead atoms. The van der Waals surface area contributed by atoms with Crippen molar-refractivity contribution >= 4 is 28.8 Å². The van der Waals surface area contributed by atoms with Gasteiger partial charge in [-0.2, -0.15) is 19.3 Å². The lowest BCUT2D eigenvalue weighted by molar-refractivity contribution is 0.0975. The molecule has 0 radical (unpaired) electrons. The molecule has 0 aliphatic rings. The highest BCUT2D eigenvalue weighted by molar-refractivity contribution is 7.10. The highest BCUT2D eigenvalue weighted by atomic mass is 32.1. The third-order valence-corrected chi connectivity index (χ3v) is 4.47. The average molecular weight is 337 g/mol. The largest absolute Gasteiger partial charge is 0.290 e. The first-order chi connectivity index (χ1) is 11.2. The maximum absolute atomic E-state index is 12.3. The Kier molecular flexibility index (Phi) is 4.20. The summed E-state index contributed by atoms with van der Waals surface area (Å²) in [7, 11) is 0. The summed E-state index contributed by atoms with van der Waals surface area (Å²) < 4.78 is 7.65. The summed E-state index contributed by atoms with van der Waals surface area (Å²) in [5.41, 5.74) is 2.23. The Bertz CT molecular complexity index is 916. The second kappa shape index (κ2) is 6.44. The molecule has 6 nitrogen and oxygen atoms in total. The maximum Gasteiger partial charge on any atom is 0.207 e. The molecule has 2 heterocycles. The van der Waals surface area contributed by atoms with Crippen molar-refractivity contribution in [2.45, 2.75) is 5.92 Å². The summed E-state index contributed by atoms with van der Waals surface area (Å²) in [6, 6.07) is 11.0. The Hall–Kier alpha value is -2.94. The first-order valence-electron chi connectivity index (χ1n) is 6.40. The Balaban J connectivity index is 1.89. The van der Waals surface area contributed by atoms with Crippen molar-refractivity contribution in [3.05, 3.63) is 52.1 Å². The lowest BCUT2D eigenvalue weighted by Crippen LogP contribution is -2.11. The van der Waals surface area contributed by atoms with Gasteiger partial charge in [0.05, 0.1) is 41.3 Å². The predicted octanol–water partition coefficient (Wildman–Crippen LogP) is 3.02. The van der Waals surface area contributed by atoms with Gasteiger partial charge in [-0.3, -0.25) is 4.79 Å². The quantitative estimate of drug-likeness (QED) is 0.678. The van der Waals surface area contributed by atoms with E-state index in [1.165, 1.54) is 17.5 Å². The van der Waals surface area contributed by atoms with Crippen molar-refractivity contribution in [1.29, 1.82) is 10.5 Å². The maximum atomic E-state index is 12.3. The van der Waals surface area contributed by atoms with Gasteiger partial charge < -0.3 is 0 Å². The Labute approximate surface area is 139 Å². The van der Waals surface area contributed by atoms with Crippen LogP contribution in [0.4, 0.5) is 0 Å². The van der Waals surface area contributed by atoms with E-state index in [-0.39, 0.29) is 5.69 Å². The van der Waals surface area contributed by atoms with Gasteiger partial charge >= 0.3 is 0 Å². The standard InChI is InChI=1S/C15H7N5OS2/c16-5-9-1-3-10(4-2-9)13-8-22-15(19-13)11(6-17)14(21)12-7-18-23-20-12/h1-4,7-8,11H/t11-/m0/s1. The van der Waals surface area contributed by atoms with E-state index in [0.717, 1.165) is 17.3 Å². The van der Waals surface area contributed by atoms with Crippen molar-refractivity contribution in [3.63, 3.8) is 0 Å². The third kappa shape index (κ3) is 2.99. The monoisotopic (exact) mass is 337 g/mol. The average Bonchev–Trinajstić information content (AvgIpc) is 3.27. The van der Waals surface area contributed by atoms with E-state index in [9.17, 15) is 10.1 Å². The van der Waals surface area contributed by atoms with E-state index < -0.39 is 11.7 Å². The van der Waals surface area contributed by atoms with E-state index >= 15 is 0 Å². The van der Waals surface area contributed by atoms with Gasteiger partial charge in [-0.05, 0) is 12.1 Å². The van der Waals surface area contributed by atoms with Crippen LogP contribution in [0.2, 0.25) is 0 Å². The normalized spacial score (nSPS) is 11.4. The fourth-order valence-electron chi connectivity index (χ4n) is 1.92. The zero-order valence-electron chi connectivity index (χ0n) is 11.5. The number of rotatable bonds is 4. The van der Waals surface area contributed by atoms with Crippen molar-refractivity contribution in [3.8, 4) is 23.4 Å². The number of ketones is 1.